The van der Waals surface area contributed by atoms with Crippen molar-refractivity contribution in [3.63, 3.8) is 0 Å². The molecule has 3 aliphatic rings. The van der Waals surface area contributed by atoms with Crippen LogP contribution >= 0.6 is 0 Å². The number of hydrogen-bond donors (Lipinski definition) is 2. The Balaban J connectivity index is 1.40. The average molecular weight is 382 g/mol. The zero-order chi connectivity index (χ0) is 19.0. The third-order valence-corrected chi connectivity index (χ3v) is 6.16. The first-order chi connectivity index (χ1) is 12.9. The molecule has 4 rings (SSSR count). The van der Waals surface area contributed by atoms with E-state index in [-0.39, 0.29) is 23.9 Å². The summed E-state index contributed by atoms with van der Waals surface area (Å²) in [6.07, 6.45) is 0.538. The van der Waals surface area contributed by atoms with Crippen molar-refractivity contribution < 1.29 is 18.0 Å². The quantitative estimate of drug-likeness (QED) is 0.844. The number of nitrogens with one attached hydrogen (secondary N) is 2. The van der Waals surface area contributed by atoms with Gasteiger partial charge in [0.05, 0.1) is 6.04 Å². The predicted molar refractivity (Wildman–Crippen MR) is 95.2 cm³/mol. The van der Waals surface area contributed by atoms with Crippen molar-refractivity contribution in [2.75, 3.05) is 24.5 Å². The number of rotatable bonds is 3. The Morgan fingerprint density at radius 2 is 2.04 bits per heavy atom. The number of halogens is 3. The number of aromatic nitrogens is 1. The number of pyridine rings is 1. The van der Waals surface area contributed by atoms with E-state index in [1.54, 1.807) is 6.07 Å². The van der Waals surface area contributed by atoms with Crippen molar-refractivity contribution in [1.29, 1.82) is 0 Å². The lowest BCUT2D eigenvalue weighted by Gasteiger charge is -2.27. The highest BCUT2D eigenvalue weighted by molar-refractivity contribution is 5.82. The van der Waals surface area contributed by atoms with E-state index in [1.165, 1.54) is 6.07 Å². The average Bonchev–Trinajstić information content (AvgIpc) is 3.24. The fourth-order valence-electron chi connectivity index (χ4n) is 4.75. The SMILES string of the molecule is O=C(N[C@H]1CC[C@@H]2CN(c3cccc(C(F)(F)F)n3)C[C@@H]21)C1CCCCN1. The third-order valence-electron chi connectivity index (χ3n) is 6.16. The molecule has 3 heterocycles. The second-order valence-corrected chi connectivity index (χ2v) is 7.90. The van der Waals surface area contributed by atoms with Crippen LogP contribution in [0.25, 0.3) is 0 Å². The lowest BCUT2D eigenvalue weighted by atomic mass is 9.97. The summed E-state index contributed by atoms with van der Waals surface area (Å²) in [5.41, 5.74) is -0.856. The molecule has 1 unspecified atom stereocenters. The number of fused-ring (bicyclic) bond motifs is 1. The smallest absolute Gasteiger partial charge is 0.356 e. The highest BCUT2D eigenvalue weighted by atomic mass is 19.4. The van der Waals surface area contributed by atoms with Crippen LogP contribution in [0.3, 0.4) is 0 Å². The van der Waals surface area contributed by atoms with E-state index in [0.717, 1.165) is 44.7 Å². The van der Waals surface area contributed by atoms with Gasteiger partial charge in [-0.1, -0.05) is 12.5 Å². The molecule has 1 aromatic heterocycles. The molecular weight excluding hydrogens is 357 g/mol. The lowest BCUT2D eigenvalue weighted by Crippen LogP contribution is -2.51. The van der Waals surface area contributed by atoms with Gasteiger partial charge in [0.25, 0.3) is 0 Å². The van der Waals surface area contributed by atoms with Gasteiger partial charge >= 0.3 is 6.18 Å². The molecule has 0 radical (unpaired) electrons. The number of hydrogen-bond acceptors (Lipinski definition) is 4. The molecule has 2 saturated heterocycles. The molecule has 1 amide bonds. The van der Waals surface area contributed by atoms with Crippen LogP contribution in [-0.2, 0) is 11.0 Å². The predicted octanol–water partition coefficient (Wildman–Crippen LogP) is 2.57. The monoisotopic (exact) mass is 382 g/mol. The van der Waals surface area contributed by atoms with Crippen LogP contribution in [0.4, 0.5) is 19.0 Å². The van der Waals surface area contributed by atoms with Gasteiger partial charge in [-0.3, -0.25) is 4.79 Å². The van der Waals surface area contributed by atoms with E-state index in [9.17, 15) is 18.0 Å². The van der Waals surface area contributed by atoms with Gasteiger partial charge in [0, 0.05) is 25.0 Å². The number of amides is 1. The molecule has 148 valence electrons. The van der Waals surface area contributed by atoms with Gasteiger partial charge < -0.3 is 15.5 Å². The summed E-state index contributed by atoms with van der Waals surface area (Å²) in [5, 5.41) is 6.47. The lowest BCUT2D eigenvalue weighted by molar-refractivity contribution is -0.141. The molecule has 0 aromatic carbocycles. The van der Waals surface area contributed by atoms with E-state index >= 15 is 0 Å². The molecule has 2 N–H and O–H groups in total. The molecule has 0 bridgehead atoms. The van der Waals surface area contributed by atoms with Gasteiger partial charge in [0.1, 0.15) is 11.5 Å². The van der Waals surface area contributed by atoms with Gasteiger partial charge in [-0.05, 0) is 50.3 Å². The minimum Gasteiger partial charge on any atom is -0.356 e. The summed E-state index contributed by atoms with van der Waals surface area (Å²) >= 11 is 0. The van der Waals surface area contributed by atoms with Crippen LogP contribution in [-0.4, -0.2) is 42.6 Å². The maximum absolute atomic E-state index is 12.9. The Labute approximate surface area is 156 Å². The molecule has 0 spiro atoms. The van der Waals surface area contributed by atoms with Crippen LogP contribution in [0.2, 0.25) is 0 Å². The van der Waals surface area contributed by atoms with Crippen molar-refractivity contribution in [1.82, 2.24) is 15.6 Å². The Kier molecular flexibility index (Phi) is 5.01. The minimum atomic E-state index is -4.44. The summed E-state index contributed by atoms with van der Waals surface area (Å²) in [6, 6.07) is 4.03. The summed E-state index contributed by atoms with van der Waals surface area (Å²) in [5.74, 6) is 1.11. The molecule has 4 atom stereocenters. The normalized spacial score (nSPS) is 31.0. The zero-order valence-corrected chi connectivity index (χ0v) is 15.1. The Morgan fingerprint density at radius 3 is 2.78 bits per heavy atom. The van der Waals surface area contributed by atoms with Gasteiger partial charge in [0.2, 0.25) is 5.91 Å². The van der Waals surface area contributed by atoms with Crippen LogP contribution in [0.5, 0.6) is 0 Å². The maximum atomic E-state index is 12.9. The van der Waals surface area contributed by atoms with Crippen molar-refractivity contribution in [2.24, 2.45) is 11.8 Å². The molecule has 1 aromatic rings. The van der Waals surface area contributed by atoms with Crippen LogP contribution in [0.1, 0.15) is 37.8 Å². The van der Waals surface area contributed by atoms with E-state index in [4.69, 9.17) is 0 Å². The van der Waals surface area contributed by atoms with Crippen LogP contribution in [0, 0.1) is 11.8 Å². The van der Waals surface area contributed by atoms with E-state index in [1.807, 2.05) is 4.90 Å². The number of nitrogens with zero attached hydrogens (tertiary/aromatic N) is 2. The molecular formula is C19H25F3N4O. The molecule has 8 heteroatoms. The fourth-order valence-corrected chi connectivity index (χ4v) is 4.75. The first-order valence-corrected chi connectivity index (χ1v) is 9.75. The zero-order valence-electron chi connectivity index (χ0n) is 15.1. The van der Waals surface area contributed by atoms with E-state index in [0.29, 0.717) is 24.8 Å². The van der Waals surface area contributed by atoms with Gasteiger partial charge in [0.15, 0.2) is 0 Å². The number of carbonyl (C=O) groups excluding carboxylic acids is 1. The third kappa shape index (κ3) is 3.90. The highest BCUT2D eigenvalue weighted by Crippen LogP contribution is 2.40. The summed E-state index contributed by atoms with van der Waals surface area (Å²) in [6.45, 7) is 2.22. The van der Waals surface area contributed by atoms with Gasteiger partial charge in [-0.25, -0.2) is 4.98 Å². The van der Waals surface area contributed by atoms with Crippen LogP contribution < -0.4 is 15.5 Å². The molecule has 1 saturated carbocycles. The number of alkyl halides is 3. The topological polar surface area (TPSA) is 57.3 Å². The maximum Gasteiger partial charge on any atom is 0.433 e. The van der Waals surface area contributed by atoms with Crippen molar-refractivity contribution in [3.05, 3.63) is 23.9 Å². The summed E-state index contributed by atoms with van der Waals surface area (Å²) in [4.78, 5) is 18.3. The van der Waals surface area contributed by atoms with Gasteiger partial charge in [-0.2, -0.15) is 13.2 Å². The second kappa shape index (κ2) is 7.30. The second-order valence-electron chi connectivity index (χ2n) is 7.90. The molecule has 27 heavy (non-hydrogen) atoms. The van der Waals surface area contributed by atoms with E-state index < -0.39 is 11.9 Å². The molecule has 1 aliphatic carbocycles. The van der Waals surface area contributed by atoms with Crippen LogP contribution in [0.15, 0.2) is 18.2 Å². The first-order valence-electron chi connectivity index (χ1n) is 9.75. The number of piperidine rings is 1. The van der Waals surface area contributed by atoms with Crippen molar-refractivity contribution in [3.8, 4) is 0 Å². The number of anilines is 1. The standard InChI is InChI=1S/C19H25F3N4O/c20-19(21,22)16-5-3-6-17(25-16)26-10-12-7-8-14(13(12)11-26)24-18(27)15-4-1-2-9-23-15/h3,5-6,12-15,23H,1-2,4,7-11H2,(H,24,27)/t12-,13+,14+,15?/m1/s1. The Hall–Kier alpha value is -1.83. The molecule has 5 nitrogen and oxygen atoms in total. The molecule has 3 fully saturated rings. The van der Waals surface area contributed by atoms with Crippen molar-refractivity contribution >= 4 is 11.7 Å². The Bertz CT molecular complexity index is 690. The summed E-state index contributed by atoms with van der Waals surface area (Å²) in [7, 11) is 0. The molecule has 2 aliphatic heterocycles. The summed E-state index contributed by atoms with van der Waals surface area (Å²) < 4.78 is 38.8. The van der Waals surface area contributed by atoms with Gasteiger partial charge in [-0.15, -0.1) is 0 Å². The van der Waals surface area contributed by atoms with E-state index in [2.05, 4.69) is 15.6 Å². The number of carbonyl (C=O) groups is 1. The highest BCUT2D eigenvalue weighted by Gasteiger charge is 2.44. The first kappa shape index (κ1) is 18.5. The van der Waals surface area contributed by atoms with Crippen molar-refractivity contribution in [2.45, 2.75) is 50.4 Å². The minimum absolute atomic E-state index is 0.0657. The largest absolute Gasteiger partial charge is 0.433 e. The Morgan fingerprint density at radius 1 is 1.19 bits per heavy atom. The fraction of sp³-hybridized carbons (Fsp3) is 0.684.